The molecule has 3 N–H and O–H groups in total. The maximum atomic E-state index is 13.5. The molecule has 1 fully saturated rings. The van der Waals surface area contributed by atoms with Gasteiger partial charge in [0.15, 0.2) is 0 Å². The van der Waals surface area contributed by atoms with Crippen LogP contribution in [0.15, 0.2) is 24.3 Å². The minimum atomic E-state index is -0.626. The van der Waals surface area contributed by atoms with E-state index in [0.717, 1.165) is 0 Å². The van der Waals surface area contributed by atoms with Crippen molar-refractivity contribution in [2.75, 3.05) is 5.75 Å². The minimum Gasteiger partial charge on any atom is -0.368 e. The van der Waals surface area contributed by atoms with Gasteiger partial charge in [-0.3, -0.25) is 9.59 Å². The third-order valence-corrected chi connectivity index (χ3v) is 4.09. The number of nitrogens with two attached hydrogens (primary N) is 1. The van der Waals surface area contributed by atoms with E-state index in [1.807, 2.05) is 0 Å². The molecular formula is C12H13FN2O2S. The first kappa shape index (κ1) is 12.9. The number of carbonyl (C=O) groups excluding carboxylic acids is 2. The largest absolute Gasteiger partial charge is 0.368 e. The zero-order chi connectivity index (χ0) is 13.1. The molecule has 1 aromatic carbocycles. The molecule has 1 aromatic rings. The molecule has 0 aliphatic carbocycles. The van der Waals surface area contributed by atoms with Gasteiger partial charge in [0.1, 0.15) is 11.9 Å². The Hall–Kier alpha value is -1.56. The van der Waals surface area contributed by atoms with E-state index >= 15 is 0 Å². The summed E-state index contributed by atoms with van der Waals surface area (Å²) in [4.78, 5) is 22.7. The van der Waals surface area contributed by atoms with Crippen LogP contribution in [0.1, 0.15) is 5.56 Å². The summed E-state index contributed by atoms with van der Waals surface area (Å²) in [6, 6.07) is 5.74. The number of hydrogen-bond acceptors (Lipinski definition) is 3. The van der Waals surface area contributed by atoms with Crippen LogP contribution in [0, 0.1) is 5.82 Å². The minimum absolute atomic E-state index is 0.265. The lowest BCUT2D eigenvalue weighted by molar-refractivity contribution is -0.127. The van der Waals surface area contributed by atoms with Crippen LogP contribution in [0.3, 0.4) is 0 Å². The molecule has 6 heteroatoms. The average molecular weight is 268 g/mol. The van der Waals surface area contributed by atoms with Crippen LogP contribution < -0.4 is 11.1 Å². The van der Waals surface area contributed by atoms with E-state index in [1.165, 1.54) is 17.8 Å². The Morgan fingerprint density at radius 2 is 2.22 bits per heavy atom. The zero-order valence-corrected chi connectivity index (χ0v) is 10.4. The molecule has 2 amide bonds. The van der Waals surface area contributed by atoms with Crippen molar-refractivity contribution in [2.24, 2.45) is 5.73 Å². The van der Waals surface area contributed by atoms with Gasteiger partial charge >= 0.3 is 0 Å². The van der Waals surface area contributed by atoms with Gasteiger partial charge < -0.3 is 11.1 Å². The first-order chi connectivity index (χ1) is 8.58. The molecule has 0 saturated carbocycles. The van der Waals surface area contributed by atoms with Gasteiger partial charge in [0, 0.05) is 5.75 Å². The Morgan fingerprint density at radius 3 is 2.83 bits per heavy atom. The van der Waals surface area contributed by atoms with E-state index in [2.05, 4.69) is 5.32 Å². The van der Waals surface area contributed by atoms with Gasteiger partial charge in [-0.05, 0) is 18.1 Å². The highest BCUT2D eigenvalue weighted by Crippen LogP contribution is 2.22. The van der Waals surface area contributed by atoms with Gasteiger partial charge in [-0.25, -0.2) is 4.39 Å². The third-order valence-electron chi connectivity index (χ3n) is 2.78. The molecule has 1 aliphatic heterocycles. The van der Waals surface area contributed by atoms with Crippen LogP contribution in [0.25, 0.3) is 0 Å². The van der Waals surface area contributed by atoms with Crippen molar-refractivity contribution in [3.63, 3.8) is 0 Å². The van der Waals surface area contributed by atoms with Gasteiger partial charge in [0.2, 0.25) is 11.8 Å². The molecule has 18 heavy (non-hydrogen) atoms. The fourth-order valence-electron chi connectivity index (χ4n) is 1.76. The van der Waals surface area contributed by atoms with E-state index < -0.39 is 11.9 Å². The summed E-state index contributed by atoms with van der Waals surface area (Å²) in [6.07, 6.45) is 0.314. The quantitative estimate of drug-likeness (QED) is 0.836. The maximum absolute atomic E-state index is 13.5. The summed E-state index contributed by atoms with van der Waals surface area (Å²) in [5, 5.41) is 2.17. The molecule has 2 rings (SSSR count). The second-order valence-corrected chi connectivity index (χ2v) is 5.32. The number of thioether (sulfide) groups is 1. The van der Waals surface area contributed by atoms with Crippen molar-refractivity contribution in [1.82, 2.24) is 5.32 Å². The van der Waals surface area contributed by atoms with E-state index in [1.54, 1.807) is 18.2 Å². The lowest BCUT2D eigenvalue weighted by atomic mass is 10.1. The van der Waals surface area contributed by atoms with Crippen LogP contribution in [-0.2, 0) is 16.0 Å². The molecule has 0 unspecified atom stereocenters. The Labute approximate surface area is 108 Å². The van der Waals surface area contributed by atoms with Crippen LogP contribution in [-0.4, -0.2) is 28.9 Å². The van der Waals surface area contributed by atoms with Crippen molar-refractivity contribution < 1.29 is 14.0 Å². The van der Waals surface area contributed by atoms with Gasteiger partial charge in [0.25, 0.3) is 0 Å². The standard InChI is InChI=1S/C12H13FN2O2S/c13-8-4-2-1-3-7(8)5-10-12(17)15-9(6-18-10)11(14)16/h1-4,9-10H,5-6H2,(H2,14,16)(H,15,17)/t9-,10+/m1/s1. The molecule has 0 aromatic heterocycles. The topological polar surface area (TPSA) is 72.2 Å². The van der Waals surface area contributed by atoms with Crippen molar-refractivity contribution in [2.45, 2.75) is 17.7 Å². The Balaban J connectivity index is 2.02. The summed E-state index contributed by atoms with van der Waals surface area (Å²) < 4.78 is 13.5. The molecule has 0 bridgehead atoms. The molecule has 1 saturated heterocycles. The van der Waals surface area contributed by atoms with Crippen molar-refractivity contribution in [3.8, 4) is 0 Å². The highest BCUT2D eigenvalue weighted by Gasteiger charge is 2.31. The van der Waals surface area contributed by atoms with Crippen LogP contribution in [0.4, 0.5) is 4.39 Å². The highest BCUT2D eigenvalue weighted by atomic mass is 32.2. The second-order valence-electron chi connectivity index (χ2n) is 4.08. The molecule has 0 spiro atoms. The van der Waals surface area contributed by atoms with Gasteiger partial charge in [0.05, 0.1) is 5.25 Å². The number of halogens is 1. The summed E-state index contributed by atoms with van der Waals surface area (Å²) in [6.45, 7) is 0. The summed E-state index contributed by atoms with van der Waals surface area (Å²) in [5.74, 6) is -0.693. The predicted molar refractivity (Wildman–Crippen MR) is 67.5 cm³/mol. The van der Waals surface area contributed by atoms with Gasteiger partial charge in [-0.1, -0.05) is 18.2 Å². The first-order valence-corrected chi connectivity index (χ1v) is 6.57. The van der Waals surface area contributed by atoms with Crippen LogP contribution >= 0.6 is 11.8 Å². The SMILES string of the molecule is NC(=O)[C@H]1CS[C@@H](Cc2ccccc2F)C(=O)N1. The van der Waals surface area contributed by atoms with Gasteiger partial charge in [-0.2, -0.15) is 0 Å². The lowest BCUT2D eigenvalue weighted by Crippen LogP contribution is -2.53. The molecule has 0 radical (unpaired) electrons. The molecule has 1 aliphatic rings. The summed E-state index contributed by atoms with van der Waals surface area (Å²) in [7, 11) is 0. The normalized spacial score (nSPS) is 23.5. The fourth-order valence-corrected chi connectivity index (χ4v) is 2.95. The number of hydrogen-bond donors (Lipinski definition) is 2. The monoisotopic (exact) mass is 268 g/mol. The molecule has 1 heterocycles. The van der Waals surface area contributed by atoms with Crippen LogP contribution in [0.5, 0.6) is 0 Å². The van der Waals surface area contributed by atoms with Crippen molar-refractivity contribution >= 4 is 23.6 Å². The van der Waals surface area contributed by atoms with E-state index in [0.29, 0.717) is 17.7 Å². The van der Waals surface area contributed by atoms with E-state index in [9.17, 15) is 14.0 Å². The van der Waals surface area contributed by atoms with Gasteiger partial charge in [-0.15, -0.1) is 11.8 Å². The number of carbonyl (C=O) groups is 2. The molecule has 96 valence electrons. The van der Waals surface area contributed by atoms with Crippen molar-refractivity contribution in [1.29, 1.82) is 0 Å². The first-order valence-electron chi connectivity index (χ1n) is 5.52. The maximum Gasteiger partial charge on any atom is 0.240 e. The molecular weight excluding hydrogens is 255 g/mol. The number of nitrogens with one attached hydrogen (secondary N) is 1. The average Bonchev–Trinajstić information content (AvgIpc) is 2.34. The number of rotatable bonds is 3. The Kier molecular flexibility index (Phi) is 3.86. The van der Waals surface area contributed by atoms with E-state index in [-0.39, 0.29) is 17.0 Å². The second kappa shape index (κ2) is 5.39. The Morgan fingerprint density at radius 1 is 1.50 bits per heavy atom. The van der Waals surface area contributed by atoms with E-state index in [4.69, 9.17) is 5.73 Å². The fraction of sp³-hybridized carbons (Fsp3) is 0.333. The number of benzene rings is 1. The zero-order valence-electron chi connectivity index (χ0n) is 9.56. The molecule has 2 atom stereocenters. The predicted octanol–water partition coefficient (Wildman–Crippen LogP) is 0.454. The van der Waals surface area contributed by atoms with Crippen molar-refractivity contribution in [3.05, 3.63) is 35.6 Å². The highest BCUT2D eigenvalue weighted by molar-refractivity contribution is 8.00. The number of amides is 2. The summed E-state index contributed by atoms with van der Waals surface area (Å²) in [5.41, 5.74) is 5.63. The lowest BCUT2D eigenvalue weighted by Gasteiger charge is -2.26. The summed E-state index contributed by atoms with van der Waals surface area (Å²) >= 11 is 1.33. The number of primary amides is 1. The third kappa shape index (κ3) is 2.81. The van der Waals surface area contributed by atoms with Crippen LogP contribution in [0.2, 0.25) is 0 Å². The Bertz CT molecular complexity index is 481. The smallest absolute Gasteiger partial charge is 0.240 e. The molecule has 4 nitrogen and oxygen atoms in total.